The molecule has 1 aromatic rings. The lowest BCUT2D eigenvalue weighted by atomic mass is 9.74. The number of hydrogen-bond donors (Lipinski definition) is 2. The average molecular weight is 348 g/mol. The largest absolute Gasteiger partial charge is 0.326 e. The summed E-state index contributed by atoms with van der Waals surface area (Å²) in [5, 5.41) is 2.96. The van der Waals surface area contributed by atoms with Gasteiger partial charge in [-0.1, -0.05) is 34.8 Å². The highest BCUT2D eigenvalue weighted by atomic mass is 79.9. The van der Waals surface area contributed by atoms with Gasteiger partial charge in [-0.3, -0.25) is 4.79 Å². The molecular weight excluding hydrogens is 328 g/mol. The number of carbonyl (C=O) groups excluding carboxylic acids is 1. The van der Waals surface area contributed by atoms with Crippen molar-refractivity contribution in [3.63, 3.8) is 0 Å². The Balaban J connectivity index is 0.00000180. The number of benzene rings is 1. The minimum absolute atomic E-state index is 0. The summed E-state index contributed by atoms with van der Waals surface area (Å²) in [6, 6.07) is 7.62. The molecule has 0 bridgehead atoms. The van der Waals surface area contributed by atoms with E-state index in [-0.39, 0.29) is 29.8 Å². The van der Waals surface area contributed by atoms with Crippen LogP contribution in [0.25, 0.3) is 0 Å². The van der Waals surface area contributed by atoms with Crippen molar-refractivity contribution in [1.82, 2.24) is 0 Å². The molecule has 0 radical (unpaired) electrons. The van der Waals surface area contributed by atoms with Gasteiger partial charge in [0.15, 0.2) is 0 Å². The van der Waals surface area contributed by atoms with Crippen LogP contribution >= 0.6 is 28.3 Å². The highest BCUT2D eigenvalue weighted by Gasteiger charge is 2.37. The Morgan fingerprint density at radius 2 is 2.21 bits per heavy atom. The van der Waals surface area contributed by atoms with Crippen LogP contribution in [0.1, 0.15) is 32.6 Å². The summed E-state index contributed by atoms with van der Waals surface area (Å²) >= 11 is 3.39. The molecule has 2 rings (SSSR count). The van der Waals surface area contributed by atoms with Crippen LogP contribution in [-0.4, -0.2) is 11.4 Å². The zero-order chi connectivity index (χ0) is 13.2. The van der Waals surface area contributed by atoms with Crippen LogP contribution in [0, 0.1) is 5.92 Å². The number of halogens is 2. The Labute approximate surface area is 128 Å². The van der Waals surface area contributed by atoms with Gasteiger partial charge >= 0.3 is 0 Å². The van der Waals surface area contributed by atoms with Gasteiger partial charge in [-0.05, 0) is 38.0 Å². The first kappa shape index (κ1) is 16.5. The molecule has 1 aliphatic carbocycles. The SMILES string of the molecule is CC1(N)CCCCC1C(=O)Nc1cccc(Br)c1.Cl. The fraction of sp³-hybridized carbons (Fsp3) is 0.500. The quantitative estimate of drug-likeness (QED) is 0.856. The summed E-state index contributed by atoms with van der Waals surface area (Å²) in [5.74, 6) is -0.0527. The van der Waals surface area contributed by atoms with E-state index in [1.54, 1.807) is 0 Å². The van der Waals surface area contributed by atoms with E-state index < -0.39 is 0 Å². The van der Waals surface area contributed by atoms with Crippen molar-refractivity contribution >= 4 is 39.9 Å². The fourth-order valence-electron chi connectivity index (χ4n) is 2.58. The van der Waals surface area contributed by atoms with E-state index in [1.807, 2.05) is 31.2 Å². The summed E-state index contributed by atoms with van der Waals surface area (Å²) in [4.78, 5) is 12.3. The number of rotatable bonds is 2. The minimum atomic E-state index is -0.381. The van der Waals surface area contributed by atoms with Crippen molar-refractivity contribution in [1.29, 1.82) is 0 Å². The van der Waals surface area contributed by atoms with Gasteiger partial charge in [0.1, 0.15) is 0 Å². The van der Waals surface area contributed by atoms with Gasteiger partial charge in [0, 0.05) is 15.7 Å². The van der Waals surface area contributed by atoms with Crippen molar-refractivity contribution < 1.29 is 4.79 Å². The van der Waals surface area contributed by atoms with Crippen molar-refractivity contribution in [3.05, 3.63) is 28.7 Å². The van der Waals surface area contributed by atoms with Gasteiger partial charge in [0.25, 0.3) is 0 Å². The smallest absolute Gasteiger partial charge is 0.229 e. The molecule has 5 heteroatoms. The number of anilines is 1. The lowest BCUT2D eigenvalue weighted by Crippen LogP contribution is -2.51. The predicted octanol–water partition coefficient (Wildman–Crippen LogP) is 3.72. The molecule has 106 valence electrons. The van der Waals surface area contributed by atoms with Gasteiger partial charge < -0.3 is 11.1 Å². The van der Waals surface area contributed by atoms with Crippen LogP contribution in [0.5, 0.6) is 0 Å². The molecule has 1 saturated carbocycles. The van der Waals surface area contributed by atoms with E-state index in [9.17, 15) is 4.79 Å². The summed E-state index contributed by atoms with van der Waals surface area (Å²) in [5.41, 5.74) is 6.67. The van der Waals surface area contributed by atoms with Gasteiger partial charge in [0.05, 0.1) is 5.92 Å². The molecule has 1 fully saturated rings. The van der Waals surface area contributed by atoms with E-state index in [4.69, 9.17) is 5.73 Å². The topological polar surface area (TPSA) is 55.1 Å². The highest BCUT2D eigenvalue weighted by Crippen LogP contribution is 2.32. The first-order valence-corrected chi connectivity index (χ1v) is 7.14. The molecule has 0 aromatic heterocycles. The second kappa shape index (κ2) is 6.73. The molecule has 0 aliphatic heterocycles. The molecule has 0 spiro atoms. The number of nitrogens with two attached hydrogens (primary N) is 1. The Hall–Kier alpha value is -0.580. The van der Waals surface area contributed by atoms with Crippen LogP contribution < -0.4 is 11.1 Å². The molecule has 1 aromatic carbocycles. The molecule has 0 heterocycles. The molecule has 1 amide bonds. The van der Waals surface area contributed by atoms with E-state index in [0.29, 0.717) is 0 Å². The van der Waals surface area contributed by atoms with Crippen LogP contribution in [0.2, 0.25) is 0 Å². The van der Waals surface area contributed by atoms with E-state index in [0.717, 1.165) is 35.8 Å². The second-order valence-electron chi connectivity index (χ2n) is 5.30. The van der Waals surface area contributed by atoms with Crippen molar-refractivity contribution in [2.45, 2.75) is 38.1 Å². The zero-order valence-corrected chi connectivity index (χ0v) is 13.4. The van der Waals surface area contributed by atoms with Crippen molar-refractivity contribution in [3.8, 4) is 0 Å². The summed E-state index contributed by atoms with van der Waals surface area (Å²) in [6.07, 6.45) is 4.01. The predicted molar refractivity (Wildman–Crippen MR) is 84.6 cm³/mol. The lowest BCUT2D eigenvalue weighted by Gasteiger charge is -2.37. The number of amides is 1. The fourth-order valence-corrected chi connectivity index (χ4v) is 2.98. The number of carbonyl (C=O) groups is 1. The maximum Gasteiger partial charge on any atom is 0.229 e. The molecule has 19 heavy (non-hydrogen) atoms. The zero-order valence-electron chi connectivity index (χ0n) is 11.0. The third kappa shape index (κ3) is 4.20. The third-order valence-electron chi connectivity index (χ3n) is 3.66. The molecule has 2 unspecified atom stereocenters. The third-order valence-corrected chi connectivity index (χ3v) is 4.16. The van der Waals surface area contributed by atoms with E-state index in [2.05, 4.69) is 21.2 Å². The van der Waals surface area contributed by atoms with E-state index >= 15 is 0 Å². The Bertz CT molecular complexity index is 451. The summed E-state index contributed by atoms with van der Waals surface area (Å²) in [7, 11) is 0. The van der Waals surface area contributed by atoms with Crippen LogP contribution in [0.15, 0.2) is 28.7 Å². The number of nitrogens with one attached hydrogen (secondary N) is 1. The molecule has 2 atom stereocenters. The Morgan fingerprint density at radius 1 is 1.47 bits per heavy atom. The first-order valence-electron chi connectivity index (χ1n) is 6.34. The maximum atomic E-state index is 12.3. The summed E-state index contributed by atoms with van der Waals surface area (Å²) in [6.45, 7) is 1.98. The first-order chi connectivity index (χ1) is 8.49. The molecule has 3 nitrogen and oxygen atoms in total. The molecule has 1 aliphatic rings. The Morgan fingerprint density at radius 3 is 2.84 bits per heavy atom. The van der Waals surface area contributed by atoms with E-state index in [1.165, 1.54) is 0 Å². The van der Waals surface area contributed by atoms with Crippen LogP contribution in [0.4, 0.5) is 5.69 Å². The summed E-state index contributed by atoms with van der Waals surface area (Å²) < 4.78 is 0.958. The standard InChI is InChI=1S/C14H19BrN2O.ClH/c1-14(16)8-3-2-7-12(14)13(18)17-11-6-4-5-10(15)9-11;/h4-6,9,12H,2-3,7-8,16H2,1H3,(H,17,18);1H. The average Bonchev–Trinajstić information content (AvgIpc) is 2.28. The lowest BCUT2D eigenvalue weighted by molar-refractivity contribution is -0.122. The van der Waals surface area contributed by atoms with Gasteiger partial charge in [-0.25, -0.2) is 0 Å². The maximum absolute atomic E-state index is 12.3. The Kier molecular flexibility index (Phi) is 5.83. The molecule has 0 saturated heterocycles. The monoisotopic (exact) mass is 346 g/mol. The minimum Gasteiger partial charge on any atom is -0.326 e. The normalized spacial score (nSPS) is 26.4. The second-order valence-corrected chi connectivity index (χ2v) is 6.22. The van der Waals surface area contributed by atoms with Gasteiger partial charge in [-0.2, -0.15) is 0 Å². The van der Waals surface area contributed by atoms with Crippen LogP contribution in [0.3, 0.4) is 0 Å². The van der Waals surface area contributed by atoms with Gasteiger partial charge in [-0.15, -0.1) is 12.4 Å². The van der Waals surface area contributed by atoms with Crippen molar-refractivity contribution in [2.24, 2.45) is 11.7 Å². The van der Waals surface area contributed by atoms with Crippen LogP contribution in [-0.2, 0) is 4.79 Å². The van der Waals surface area contributed by atoms with Gasteiger partial charge in [0.2, 0.25) is 5.91 Å². The van der Waals surface area contributed by atoms with Crippen molar-refractivity contribution in [2.75, 3.05) is 5.32 Å². The molecular formula is C14H20BrClN2O. The number of hydrogen-bond acceptors (Lipinski definition) is 2. The highest BCUT2D eigenvalue weighted by molar-refractivity contribution is 9.10. The molecule has 3 N–H and O–H groups in total.